The number of halogens is 1. The van der Waals surface area contributed by atoms with Gasteiger partial charge in [-0.2, -0.15) is 0 Å². The number of hydrogen-bond acceptors (Lipinski definition) is 3. The van der Waals surface area contributed by atoms with E-state index in [9.17, 15) is 0 Å². The quantitative estimate of drug-likeness (QED) is 0.857. The number of rotatable bonds is 3. The minimum absolute atomic E-state index is 0.256. The maximum absolute atomic E-state index is 5.82. The van der Waals surface area contributed by atoms with E-state index in [1.165, 1.54) is 0 Å². The first-order valence-corrected chi connectivity index (χ1v) is 7.60. The number of anilines is 1. The average Bonchev–Trinajstić information content (AvgIpc) is 2.38. The van der Waals surface area contributed by atoms with Crippen molar-refractivity contribution in [2.45, 2.75) is 19.4 Å². The van der Waals surface area contributed by atoms with Crippen molar-refractivity contribution in [1.29, 1.82) is 0 Å². The molecule has 1 aromatic rings. The number of benzene rings is 1. The van der Waals surface area contributed by atoms with Gasteiger partial charge >= 0.3 is 0 Å². The summed E-state index contributed by atoms with van der Waals surface area (Å²) in [7, 11) is 1.78. The van der Waals surface area contributed by atoms with Crippen molar-refractivity contribution in [1.82, 2.24) is 0 Å². The van der Waals surface area contributed by atoms with Crippen molar-refractivity contribution in [3.8, 4) is 0 Å². The van der Waals surface area contributed by atoms with Crippen LogP contribution in [0.25, 0.3) is 0 Å². The molecular formula is C14H19BrN2OS. The van der Waals surface area contributed by atoms with E-state index in [2.05, 4.69) is 33.8 Å². The molecule has 1 heterocycles. The van der Waals surface area contributed by atoms with Gasteiger partial charge in [0.25, 0.3) is 0 Å². The largest absolute Gasteiger partial charge is 0.389 e. The van der Waals surface area contributed by atoms with E-state index in [-0.39, 0.29) is 6.10 Å². The van der Waals surface area contributed by atoms with Crippen molar-refractivity contribution >= 4 is 38.8 Å². The van der Waals surface area contributed by atoms with Gasteiger partial charge in [-0.3, -0.25) is 0 Å². The van der Waals surface area contributed by atoms with Crippen molar-refractivity contribution in [2.75, 3.05) is 25.1 Å². The third-order valence-electron chi connectivity index (χ3n) is 3.76. The zero-order valence-corrected chi connectivity index (χ0v) is 13.6. The molecule has 2 unspecified atom stereocenters. The molecule has 0 amide bonds. The zero-order chi connectivity index (χ0) is 14.0. The highest BCUT2D eigenvalue weighted by Gasteiger charge is 2.27. The molecule has 0 aromatic heterocycles. The van der Waals surface area contributed by atoms with E-state index in [1.54, 1.807) is 7.11 Å². The van der Waals surface area contributed by atoms with Crippen LogP contribution in [-0.2, 0) is 4.74 Å². The fraction of sp³-hybridized carbons (Fsp3) is 0.500. The maximum Gasteiger partial charge on any atom is 0.106 e. The Hall–Kier alpha value is -0.650. The van der Waals surface area contributed by atoms with Crippen LogP contribution >= 0.6 is 28.1 Å². The van der Waals surface area contributed by atoms with E-state index < -0.39 is 0 Å². The minimum Gasteiger partial charge on any atom is -0.389 e. The second kappa shape index (κ2) is 6.20. The Kier molecular flexibility index (Phi) is 4.81. The van der Waals surface area contributed by atoms with Gasteiger partial charge in [0, 0.05) is 35.9 Å². The highest BCUT2D eigenvalue weighted by atomic mass is 79.9. The second-order valence-electron chi connectivity index (χ2n) is 5.01. The van der Waals surface area contributed by atoms with Crippen molar-refractivity contribution in [3.63, 3.8) is 0 Å². The van der Waals surface area contributed by atoms with Gasteiger partial charge < -0.3 is 15.4 Å². The normalized spacial score (nSPS) is 23.4. The average molecular weight is 343 g/mol. The van der Waals surface area contributed by atoms with Crippen LogP contribution in [0.5, 0.6) is 0 Å². The van der Waals surface area contributed by atoms with E-state index in [0.717, 1.165) is 35.2 Å². The molecule has 0 spiro atoms. The Morgan fingerprint density at radius 3 is 2.89 bits per heavy atom. The Morgan fingerprint density at radius 1 is 1.53 bits per heavy atom. The van der Waals surface area contributed by atoms with Gasteiger partial charge in [-0.05, 0) is 30.5 Å². The molecule has 1 aromatic carbocycles. The highest BCUT2D eigenvalue weighted by molar-refractivity contribution is 9.10. The summed E-state index contributed by atoms with van der Waals surface area (Å²) in [6.07, 6.45) is 1.37. The molecule has 5 heteroatoms. The first-order valence-electron chi connectivity index (χ1n) is 6.40. The molecule has 0 bridgehead atoms. The third-order valence-corrected chi connectivity index (χ3v) is 4.47. The lowest BCUT2D eigenvalue weighted by atomic mass is 9.95. The predicted octanol–water partition coefficient (Wildman–Crippen LogP) is 2.94. The van der Waals surface area contributed by atoms with Crippen LogP contribution in [0, 0.1) is 5.92 Å². The van der Waals surface area contributed by atoms with Gasteiger partial charge in [-0.15, -0.1) is 0 Å². The van der Waals surface area contributed by atoms with Crippen LogP contribution < -0.4 is 10.6 Å². The monoisotopic (exact) mass is 342 g/mol. The van der Waals surface area contributed by atoms with Gasteiger partial charge in [-0.1, -0.05) is 35.1 Å². The summed E-state index contributed by atoms with van der Waals surface area (Å²) in [5.41, 5.74) is 7.85. The molecule has 2 N–H and O–H groups in total. The summed E-state index contributed by atoms with van der Waals surface area (Å²) in [5, 5.41) is 0. The molecule has 1 aliphatic rings. The van der Waals surface area contributed by atoms with Crippen molar-refractivity contribution < 1.29 is 4.74 Å². The molecule has 1 aliphatic heterocycles. The topological polar surface area (TPSA) is 38.5 Å². The van der Waals surface area contributed by atoms with E-state index >= 15 is 0 Å². The molecule has 0 saturated carbocycles. The summed E-state index contributed by atoms with van der Waals surface area (Å²) in [5.74, 6) is 0.585. The van der Waals surface area contributed by atoms with Gasteiger partial charge in [-0.25, -0.2) is 0 Å². The van der Waals surface area contributed by atoms with Crippen LogP contribution in [-0.4, -0.2) is 31.3 Å². The van der Waals surface area contributed by atoms with Crippen LogP contribution in [0.2, 0.25) is 0 Å². The van der Waals surface area contributed by atoms with Gasteiger partial charge in [0.05, 0.1) is 6.10 Å². The maximum atomic E-state index is 5.82. The lowest BCUT2D eigenvalue weighted by molar-refractivity contribution is 0.0498. The molecule has 19 heavy (non-hydrogen) atoms. The van der Waals surface area contributed by atoms with E-state index in [4.69, 9.17) is 22.7 Å². The lowest BCUT2D eigenvalue weighted by Crippen LogP contribution is -2.44. The van der Waals surface area contributed by atoms with Crippen LogP contribution in [0.4, 0.5) is 5.69 Å². The highest BCUT2D eigenvalue weighted by Crippen LogP contribution is 2.30. The number of ether oxygens (including phenoxy) is 1. The lowest BCUT2D eigenvalue weighted by Gasteiger charge is -2.38. The Labute approximate surface area is 128 Å². The molecular weight excluding hydrogens is 324 g/mol. The van der Waals surface area contributed by atoms with Crippen LogP contribution in [0.1, 0.15) is 18.9 Å². The first kappa shape index (κ1) is 14.8. The minimum atomic E-state index is 0.256. The van der Waals surface area contributed by atoms with Crippen molar-refractivity contribution in [3.05, 3.63) is 28.2 Å². The summed E-state index contributed by atoms with van der Waals surface area (Å²) in [4.78, 5) is 2.75. The predicted molar refractivity (Wildman–Crippen MR) is 86.8 cm³/mol. The fourth-order valence-electron chi connectivity index (χ4n) is 2.53. The Bertz CT molecular complexity index is 481. The first-order chi connectivity index (χ1) is 9.02. The second-order valence-corrected chi connectivity index (χ2v) is 6.37. The molecule has 0 radical (unpaired) electrons. The molecule has 1 fully saturated rings. The summed E-state index contributed by atoms with van der Waals surface area (Å²) < 4.78 is 6.61. The summed E-state index contributed by atoms with van der Waals surface area (Å²) in [6, 6.07) is 6.02. The summed E-state index contributed by atoms with van der Waals surface area (Å²) >= 11 is 8.66. The number of nitrogens with zero attached hydrogens (tertiary/aromatic N) is 1. The molecule has 104 valence electrons. The van der Waals surface area contributed by atoms with Gasteiger partial charge in [0.1, 0.15) is 4.99 Å². The van der Waals surface area contributed by atoms with E-state index in [1.807, 2.05) is 12.1 Å². The van der Waals surface area contributed by atoms with E-state index in [0.29, 0.717) is 10.9 Å². The molecule has 0 aliphatic carbocycles. The molecule has 3 nitrogen and oxygen atoms in total. The molecule has 2 rings (SSSR count). The number of piperidine rings is 1. The molecule has 1 saturated heterocycles. The van der Waals surface area contributed by atoms with Gasteiger partial charge in [0.2, 0.25) is 0 Å². The number of thiocarbonyl (C=S) groups is 1. The van der Waals surface area contributed by atoms with Crippen LogP contribution in [0.3, 0.4) is 0 Å². The molecule has 2 atom stereocenters. The number of methoxy groups -OCH3 is 1. The Morgan fingerprint density at radius 2 is 2.26 bits per heavy atom. The van der Waals surface area contributed by atoms with Crippen molar-refractivity contribution in [2.24, 2.45) is 11.7 Å². The summed E-state index contributed by atoms with van der Waals surface area (Å²) in [6.45, 7) is 4.12. The Balaban J connectivity index is 2.31. The fourth-order valence-corrected chi connectivity index (χ4v) is 3.06. The number of nitrogens with two attached hydrogens (primary N) is 1. The smallest absolute Gasteiger partial charge is 0.106 e. The third kappa shape index (κ3) is 3.27. The van der Waals surface area contributed by atoms with Gasteiger partial charge in [0.15, 0.2) is 0 Å². The number of hydrogen-bond donors (Lipinski definition) is 1. The SMILES string of the molecule is COC1CN(c2cc(Br)ccc2C(N)=S)CCC1C. The van der Waals surface area contributed by atoms with Crippen LogP contribution in [0.15, 0.2) is 22.7 Å². The standard InChI is InChI=1S/C14H19BrN2OS/c1-9-5-6-17(8-13(9)18-2)12-7-10(15)3-4-11(12)14(16)19/h3-4,7,9,13H,5-6,8H2,1-2H3,(H2,16,19). The zero-order valence-electron chi connectivity index (χ0n) is 11.2.